The van der Waals surface area contributed by atoms with Gasteiger partial charge in [-0.2, -0.15) is 5.10 Å². The summed E-state index contributed by atoms with van der Waals surface area (Å²) in [6.07, 6.45) is 1.43. The van der Waals surface area contributed by atoms with Gasteiger partial charge in [-0.25, -0.2) is 10.4 Å². The van der Waals surface area contributed by atoms with E-state index in [1.165, 1.54) is 18.0 Å². The molecule has 0 aliphatic heterocycles. The third-order valence-electron chi connectivity index (χ3n) is 4.59. The Morgan fingerprint density at radius 3 is 2.47 bits per heavy atom. The SMILES string of the molecule is O=C(CSc1nc2ccccc2n1Cc1ccc(Cl)cc1)N/N=C\c1c(Cl)cccc1Cl. The van der Waals surface area contributed by atoms with Crippen LogP contribution in [0.5, 0.6) is 0 Å². The summed E-state index contributed by atoms with van der Waals surface area (Å²) in [6.45, 7) is 0.616. The number of hydrazone groups is 1. The topological polar surface area (TPSA) is 59.3 Å². The molecule has 4 rings (SSSR count). The number of rotatable bonds is 7. The Morgan fingerprint density at radius 1 is 1.00 bits per heavy atom. The predicted molar refractivity (Wildman–Crippen MR) is 133 cm³/mol. The van der Waals surface area contributed by atoms with E-state index in [1.807, 2.05) is 48.5 Å². The van der Waals surface area contributed by atoms with Gasteiger partial charge in [0, 0.05) is 10.6 Å². The van der Waals surface area contributed by atoms with Crippen LogP contribution in [0.1, 0.15) is 11.1 Å². The van der Waals surface area contributed by atoms with Gasteiger partial charge in [-0.05, 0) is 42.0 Å². The van der Waals surface area contributed by atoms with Crippen molar-refractivity contribution in [1.82, 2.24) is 15.0 Å². The van der Waals surface area contributed by atoms with Crippen molar-refractivity contribution >= 4 is 69.7 Å². The van der Waals surface area contributed by atoms with Gasteiger partial charge in [0.1, 0.15) is 0 Å². The van der Waals surface area contributed by atoms with Gasteiger partial charge < -0.3 is 4.57 Å². The molecule has 0 saturated heterocycles. The Morgan fingerprint density at radius 2 is 1.72 bits per heavy atom. The van der Waals surface area contributed by atoms with Crippen LogP contribution in [0.3, 0.4) is 0 Å². The van der Waals surface area contributed by atoms with Crippen molar-refractivity contribution in [2.75, 3.05) is 5.75 Å². The Bertz CT molecular complexity index is 1270. The lowest BCUT2D eigenvalue weighted by atomic mass is 10.2. The van der Waals surface area contributed by atoms with Crippen molar-refractivity contribution in [3.63, 3.8) is 0 Å². The minimum absolute atomic E-state index is 0.150. The molecular weight excluding hydrogens is 487 g/mol. The van der Waals surface area contributed by atoms with Crippen molar-refractivity contribution in [1.29, 1.82) is 0 Å². The Kier molecular flexibility index (Phi) is 7.37. The molecule has 1 heterocycles. The smallest absolute Gasteiger partial charge is 0.250 e. The van der Waals surface area contributed by atoms with E-state index < -0.39 is 0 Å². The molecule has 1 amide bonds. The lowest BCUT2D eigenvalue weighted by molar-refractivity contribution is -0.118. The Balaban J connectivity index is 1.46. The Hall–Kier alpha value is -2.51. The number of fused-ring (bicyclic) bond motifs is 1. The molecule has 0 fully saturated rings. The summed E-state index contributed by atoms with van der Waals surface area (Å²) < 4.78 is 2.09. The summed E-state index contributed by atoms with van der Waals surface area (Å²) in [5.74, 6) is -0.114. The highest BCUT2D eigenvalue weighted by atomic mass is 35.5. The normalized spacial score (nSPS) is 11.3. The lowest BCUT2D eigenvalue weighted by Crippen LogP contribution is -2.20. The van der Waals surface area contributed by atoms with Crippen LogP contribution < -0.4 is 5.43 Å². The summed E-state index contributed by atoms with van der Waals surface area (Å²) in [6, 6.07) is 20.7. The third kappa shape index (κ3) is 5.45. The molecule has 5 nitrogen and oxygen atoms in total. The van der Waals surface area contributed by atoms with Crippen molar-refractivity contribution in [3.05, 3.63) is 92.9 Å². The van der Waals surface area contributed by atoms with E-state index in [1.54, 1.807) is 18.2 Å². The summed E-state index contributed by atoms with van der Waals surface area (Å²) in [7, 11) is 0. The zero-order chi connectivity index (χ0) is 22.5. The average molecular weight is 504 g/mol. The number of hydrogen-bond acceptors (Lipinski definition) is 4. The van der Waals surface area contributed by atoms with Crippen LogP contribution in [-0.4, -0.2) is 27.4 Å². The number of thioether (sulfide) groups is 1. The number of amides is 1. The minimum Gasteiger partial charge on any atom is -0.314 e. The number of nitrogens with one attached hydrogen (secondary N) is 1. The lowest BCUT2D eigenvalue weighted by Gasteiger charge is -2.09. The molecule has 32 heavy (non-hydrogen) atoms. The maximum Gasteiger partial charge on any atom is 0.250 e. The fourth-order valence-corrected chi connectivity index (χ4v) is 4.48. The van der Waals surface area contributed by atoms with Crippen LogP contribution in [0.25, 0.3) is 11.0 Å². The maximum atomic E-state index is 12.3. The largest absolute Gasteiger partial charge is 0.314 e. The second-order valence-electron chi connectivity index (χ2n) is 6.81. The summed E-state index contributed by atoms with van der Waals surface area (Å²) in [4.78, 5) is 17.0. The molecule has 0 aliphatic rings. The molecule has 0 bridgehead atoms. The first-order valence-corrected chi connectivity index (χ1v) is 11.7. The first kappa shape index (κ1) is 22.7. The molecule has 1 aromatic heterocycles. The third-order valence-corrected chi connectivity index (χ3v) is 6.48. The van der Waals surface area contributed by atoms with Crippen molar-refractivity contribution in [3.8, 4) is 0 Å². The number of hydrogen-bond donors (Lipinski definition) is 1. The number of imidazole rings is 1. The fourth-order valence-electron chi connectivity index (χ4n) is 3.05. The first-order chi connectivity index (χ1) is 15.5. The molecular formula is C23H17Cl3N4OS. The highest BCUT2D eigenvalue weighted by molar-refractivity contribution is 7.99. The number of benzene rings is 3. The number of aromatic nitrogens is 2. The Labute approximate surface area is 204 Å². The van der Waals surface area contributed by atoms with Crippen LogP contribution in [0.2, 0.25) is 15.1 Å². The van der Waals surface area contributed by atoms with Crippen LogP contribution >= 0.6 is 46.6 Å². The van der Waals surface area contributed by atoms with E-state index >= 15 is 0 Å². The fraction of sp³-hybridized carbons (Fsp3) is 0.0870. The van der Waals surface area contributed by atoms with Gasteiger partial charge in [0.2, 0.25) is 0 Å². The van der Waals surface area contributed by atoms with Gasteiger partial charge in [-0.1, -0.05) is 76.9 Å². The number of carbonyl (C=O) groups is 1. The van der Waals surface area contributed by atoms with Crippen molar-refractivity contribution < 1.29 is 4.79 Å². The zero-order valence-electron chi connectivity index (χ0n) is 16.6. The number of halogens is 3. The molecule has 0 atom stereocenters. The van der Waals surface area contributed by atoms with E-state index in [2.05, 4.69) is 15.1 Å². The van der Waals surface area contributed by atoms with Gasteiger partial charge in [-0.15, -0.1) is 0 Å². The quantitative estimate of drug-likeness (QED) is 0.183. The number of nitrogens with zero attached hydrogens (tertiary/aromatic N) is 3. The van der Waals surface area contributed by atoms with Crippen LogP contribution in [-0.2, 0) is 11.3 Å². The average Bonchev–Trinajstić information content (AvgIpc) is 3.13. The van der Waals surface area contributed by atoms with Crippen LogP contribution in [0, 0.1) is 0 Å². The van der Waals surface area contributed by atoms with Gasteiger partial charge >= 0.3 is 0 Å². The predicted octanol–water partition coefficient (Wildman–Crippen LogP) is 6.29. The molecule has 0 radical (unpaired) electrons. The van der Waals surface area contributed by atoms with E-state index in [0.29, 0.717) is 27.2 Å². The molecule has 9 heteroatoms. The molecule has 162 valence electrons. The summed E-state index contributed by atoms with van der Waals surface area (Å²) in [5.41, 5.74) is 6.01. The van der Waals surface area contributed by atoms with E-state index in [-0.39, 0.29) is 11.7 Å². The van der Waals surface area contributed by atoms with E-state index in [9.17, 15) is 4.79 Å². The highest BCUT2D eigenvalue weighted by Crippen LogP contribution is 2.26. The second kappa shape index (κ2) is 10.4. The molecule has 0 aliphatic carbocycles. The molecule has 0 unspecified atom stereocenters. The van der Waals surface area contributed by atoms with Crippen LogP contribution in [0.4, 0.5) is 0 Å². The number of para-hydroxylation sites is 2. The van der Waals surface area contributed by atoms with Gasteiger partial charge in [0.05, 0.1) is 39.6 Å². The molecule has 0 spiro atoms. The van der Waals surface area contributed by atoms with Crippen LogP contribution in [0.15, 0.2) is 77.0 Å². The van der Waals surface area contributed by atoms with Crippen molar-refractivity contribution in [2.45, 2.75) is 11.7 Å². The zero-order valence-corrected chi connectivity index (χ0v) is 19.7. The molecule has 4 aromatic rings. The molecule has 1 N–H and O–H groups in total. The first-order valence-electron chi connectivity index (χ1n) is 9.59. The highest BCUT2D eigenvalue weighted by Gasteiger charge is 2.13. The van der Waals surface area contributed by atoms with E-state index in [4.69, 9.17) is 39.8 Å². The maximum absolute atomic E-state index is 12.3. The van der Waals surface area contributed by atoms with Crippen molar-refractivity contribution in [2.24, 2.45) is 5.10 Å². The van der Waals surface area contributed by atoms with Gasteiger partial charge in [0.25, 0.3) is 5.91 Å². The summed E-state index contributed by atoms with van der Waals surface area (Å²) in [5, 5.41) is 6.32. The van der Waals surface area contributed by atoms with Gasteiger partial charge in [0.15, 0.2) is 5.16 Å². The second-order valence-corrected chi connectivity index (χ2v) is 9.01. The molecule has 3 aromatic carbocycles. The monoisotopic (exact) mass is 502 g/mol. The van der Waals surface area contributed by atoms with E-state index in [0.717, 1.165) is 21.8 Å². The van der Waals surface area contributed by atoms with Gasteiger partial charge in [-0.3, -0.25) is 4.79 Å². The minimum atomic E-state index is -0.264. The number of carbonyl (C=O) groups excluding carboxylic acids is 1. The standard InChI is InChI=1S/C23H17Cl3N4OS/c24-16-10-8-15(9-11-16)13-30-21-7-2-1-6-20(21)28-23(30)32-14-22(31)29-27-12-17-18(25)4-3-5-19(17)26/h1-12H,13-14H2,(H,29,31)/b27-12-. The molecule has 0 saturated carbocycles. The summed E-state index contributed by atoms with van der Waals surface area (Å²) >= 11 is 19.6.